The number of piperidine rings is 1. The van der Waals surface area contributed by atoms with E-state index in [0.717, 1.165) is 32.1 Å². The van der Waals surface area contributed by atoms with Gasteiger partial charge in [-0.05, 0) is 64.6 Å². The minimum absolute atomic E-state index is 0.243. The first-order chi connectivity index (χ1) is 9.69. The van der Waals surface area contributed by atoms with Crippen molar-refractivity contribution in [2.24, 2.45) is 5.92 Å². The molecule has 2 fully saturated rings. The van der Waals surface area contributed by atoms with Gasteiger partial charge in [0, 0.05) is 25.0 Å². The Morgan fingerprint density at radius 2 is 1.95 bits per heavy atom. The molecule has 4 nitrogen and oxygen atoms in total. The van der Waals surface area contributed by atoms with Gasteiger partial charge in [-0.1, -0.05) is 6.92 Å². The van der Waals surface area contributed by atoms with Gasteiger partial charge in [0.15, 0.2) is 0 Å². The standard InChI is InChI=1S/C16H31N3O/c1-3-9-17-13(2)14-6-10-19(11-7-14)12-8-16(20)18-15-4-5-15/h13-15,17H,3-12H2,1-2H3,(H,18,20). The van der Waals surface area contributed by atoms with Crippen LogP contribution in [0.25, 0.3) is 0 Å². The molecule has 2 N–H and O–H groups in total. The van der Waals surface area contributed by atoms with Crippen LogP contribution in [0.1, 0.15) is 52.4 Å². The average Bonchev–Trinajstić information content (AvgIpc) is 3.27. The lowest BCUT2D eigenvalue weighted by atomic mass is 9.90. The summed E-state index contributed by atoms with van der Waals surface area (Å²) in [5, 5.41) is 6.68. The number of carbonyl (C=O) groups excluding carboxylic acids is 1. The first-order valence-corrected chi connectivity index (χ1v) is 8.44. The average molecular weight is 281 g/mol. The fraction of sp³-hybridized carbons (Fsp3) is 0.938. The van der Waals surface area contributed by atoms with Gasteiger partial charge >= 0.3 is 0 Å². The number of rotatable bonds is 8. The predicted octanol–water partition coefficient (Wildman–Crippen LogP) is 1.76. The molecule has 1 atom stereocenters. The maximum atomic E-state index is 11.7. The molecular formula is C16H31N3O. The Morgan fingerprint density at radius 1 is 1.25 bits per heavy atom. The Morgan fingerprint density at radius 3 is 2.55 bits per heavy atom. The fourth-order valence-electron chi connectivity index (χ4n) is 3.00. The van der Waals surface area contributed by atoms with E-state index < -0.39 is 0 Å². The Bertz CT molecular complexity index is 296. The third-order valence-corrected chi connectivity index (χ3v) is 4.65. The zero-order valence-corrected chi connectivity index (χ0v) is 13.2. The minimum atomic E-state index is 0.243. The third-order valence-electron chi connectivity index (χ3n) is 4.65. The summed E-state index contributed by atoms with van der Waals surface area (Å²) in [5.74, 6) is 1.05. The molecule has 0 bridgehead atoms. The summed E-state index contributed by atoms with van der Waals surface area (Å²) in [5.41, 5.74) is 0. The molecule has 1 unspecified atom stereocenters. The molecule has 1 aliphatic carbocycles. The highest BCUT2D eigenvalue weighted by atomic mass is 16.1. The first-order valence-electron chi connectivity index (χ1n) is 8.44. The van der Waals surface area contributed by atoms with Crippen LogP contribution >= 0.6 is 0 Å². The number of nitrogens with one attached hydrogen (secondary N) is 2. The lowest BCUT2D eigenvalue weighted by molar-refractivity contribution is -0.121. The number of likely N-dealkylation sites (tertiary alicyclic amines) is 1. The monoisotopic (exact) mass is 281 g/mol. The van der Waals surface area contributed by atoms with Crippen LogP contribution in [0.15, 0.2) is 0 Å². The summed E-state index contributed by atoms with van der Waals surface area (Å²) in [7, 11) is 0. The maximum Gasteiger partial charge on any atom is 0.221 e. The Labute approximate surface area is 123 Å². The van der Waals surface area contributed by atoms with E-state index >= 15 is 0 Å². The van der Waals surface area contributed by atoms with Crippen LogP contribution in [-0.4, -0.2) is 49.1 Å². The summed E-state index contributed by atoms with van der Waals surface area (Å²) in [6.07, 6.45) is 6.77. The summed E-state index contributed by atoms with van der Waals surface area (Å²) in [6, 6.07) is 1.13. The molecular weight excluding hydrogens is 250 g/mol. The highest BCUT2D eigenvalue weighted by Gasteiger charge is 2.25. The van der Waals surface area contributed by atoms with Crippen LogP contribution < -0.4 is 10.6 Å². The van der Waals surface area contributed by atoms with Crippen LogP contribution in [0, 0.1) is 5.92 Å². The molecule has 20 heavy (non-hydrogen) atoms. The fourth-order valence-corrected chi connectivity index (χ4v) is 3.00. The van der Waals surface area contributed by atoms with Gasteiger partial charge in [0.2, 0.25) is 5.91 Å². The third kappa shape index (κ3) is 5.41. The molecule has 1 aliphatic heterocycles. The van der Waals surface area contributed by atoms with Crippen LogP contribution in [0.4, 0.5) is 0 Å². The zero-order valence-electron chi connectivity index (χ0n) is 13.2. The van der Waals surface area contributed by atoms with E-state index in [1.54, 1.807) is 0 Å². The van der Waals surface area contributed by atoms with E-state index in [1.807, 2.05) is 0 Å². The largest absolute Gasteiger partial charge is 0.353 e. The quantitative estimate of drug-likeness (QED) is 0.712. The van der Waals surface area contributed by atoms with E-state index in [9.17, 15) is 4.79 Å². The van der Waals surface area contributed by atoms with Crippen LogP contribution in [-0.2, 0) is 4.79 Å². The molecule has 1 saturated heterocycles. The van der Waals surface area contributed by atoms with Crippen LogP contribution in [0.2, 0.25) is 0 Å². The predicted molar refractivity (Wildman–Crippen MR) is 82.7 cm³/mol. The van der Waals surface area contributed by atoms with Crippen molar-refractivity contribution in [1.82, 2.24) is 15.5 Å². The van der Waals surface area contributed by atoms with Crippen molar-refractivity contribution in [2.75, 3.05) is 26.2 Å². The molecule has 1 heterocycles. The van der Waals surface area contributed by atoms with E-state index in [1.165, 1.54) is 32.1 Å². The van der Waals surface area contributed by atoms with Gasteiger partial charge in [-0.2, -0.15) is 0 Å². The molecule has 1 saturated carbocycles. The second-order valence-electron chi connectivity index (χ2n) is 6.51. The molecule has 116 valence electrons. The number of hydrogen-bond acceptors (Lipinski definition) is 3. The number of carbonyl (C=O) groups is 1. The van der Waals surface area contributed by atoms with Gasteiger partial charge < -0.3 is 15.5 Å². The van der Waals surface area contributed by atoms with Crippen LogP contribution in [0.3, 0.4) is 0 Å². The van der Waals surface area contributed by atoms with Crippen molar-refractivity contribution in [3.05, 3.63) is 0 Å². The molecule has 0 aromatic carbocycles. The van der Waals surface area contributed by atoms with Gasteiger partial charge in [-0.25, -0.2) is 0 Å². The van der Waals surface area contributed by atoms with Gasteiger partial charge in [-0.3, -0.25) is 4.79 Å². The molecule has 0 aromatic heterocycles. The van der Waals surface area contributed by atoms with Gasteiger partial charge in [-0.15, -0.1) is 0 Å². The van der Waals surface area contributed by atoms with E-state index in [4.69, 9.17) is 0 Å². The Balaban J connectivity index is 1.57. The van der Waals surface area contributed by atoms with Gasteiger partial charge in [0.1, 0.15) is 0 Å². The van der Waals surface area contributed by atoms with Crippen molar-refractivity contribution in [3.8, 4) is 0 Å². The molecule has 1 amide bonds. The van der Waals surface area contributed by atoms with Crippen LogP contribution in [0.5, 0.6) is 0 Å². The van der Waals surface area contributed by atoms with E-state index in [-0.39, 0.29) is 5.91 Å². The van der Waals surface area contributed by atoms with E-state index in [2.05, 4.69) is 29.4 Å². The SMILES string of the molecule is CCCNC(C)C1CCN(CCC(=O)NC2CC2)CC1. The topological polar surface area (TPSA) is 44.4 Å². The molecule has 0 spiro atoms. The molecule has 2 rings (SSSR count). The molecule has 4 heteroatoms. The van der Waals surface area contributed by atoms with Crippen molar-refractivity contribution < 1.29 is 4.79 Å². The summed E-state index contributed by atoms with van der Waals surface area (Å²) in [4.78, 5) is 14.1. The second kappa shape index (κ2) is 7.99. The smallest absolute Gasteiger partial charge is 0.221 e. The van der Waals surface area contributed by atoms with Crippen molar-refractivity contribution in [1.29, 1.82) is 0 Å². The minimum Gasteiger partial charge on any atom is -0.353 e. The lowest BCUT2D eigenvalue weighted by Gasteiger charge is -2.35. The summed E-state index contributed by atoms with van der Waals surface area (Å²) < 4.78 is 0. The second-order valence-corrected chi connectivity index (χ2v) is 6.51. The lowest BCUT2D eigenvalue weighted by Crippen LogP contribution is -2.43. The Kier molecular flexibility index (Phi) is 6.30. The summed E-state index contributed by atoms with van der Waals surface area (Å²) in [6.45, 7) is 8.90. The summed E-state index contributed by atoms with van der Waals surface area (Å²) >= 11 is 0. The molecule has 2 aliphatic rings. The molecule has 0 aromatic rings. The first kappa shape index (κ1) is 15.8. The van der Waals surface area contributed by atoms with Gasteiger partial charge in [0.25, 0.3) is 0 Å². The number of nitrogens with zero attached hydrogens (tertiary/aromatic N) is 1. The van der Waals surface area contributed by atoms with Crippen molar-refractivity contribution in [3.63, 3.8) is 0 Å². The van der Waals surface area contributed by atoms with Crippen molar-refractivity contribution >= 4 is 5.91 Å². The van der Waals surface area contributed by atoms with E-state index in [0.29, 0.717) is 18.5 Å². The normalized spacial score (nSPS) is 22.7. The van der Waals surface area contributed by atoms with Gasteiger partial charge in [0.05, 0.1) is 0 Å². The van der Waals surface area contributed by atoms with Crippen molar-refractivity contribution in [2.45, 2.75) is 64.5 Å². The highest BCUT2D eigenvalue weighted by molar-refractivity contribution is 5.76. The molecule has 0 radical (unpaired) electrons. The Hall–Kier alpha value is -0.610. The zero-order chi connectivity index (χ0) is 14.4. The number of amides is 1. The maximum absolute atomic E-state index is 11.7. The highest BCUT2D eigenvalue weighted by Crippen LogP contribution is 2.21. The number of hydrogen-bond donors (Lipinski definition) is 2.